The van der Waals surface area contributed by atoms with Gasteiger partial charge < -0.3 is 14.2 Å². The van der Waals surface area contributed by atoms with E-state index in [4.69, 9.17) is 19.2 Å². The topological polar surface area (TPSA) is 40.6 Å². The lowest BCUT2D eigenvalue weighted by atomic mass is 9.85. The third-order valence-corrected chi connectivity index (χ3v) is 6.57. The lowest BCUT2D eigenvalue weighted by molar-refractivity contribution is 0.0513. The molecule has 0 N–H and O–H groups in total. The number of aryl methyl sites for hydroxylation is 1. The van der Waals surface area contributed by atoms with Gasteiger partial charge in [-0.15, -0.1) is 0 Å². The molecule has 0 spiro atoms. The maximum absolute atomic E-state index is 15.8. The Labute approximate surface area is 219 Å². The van der Waals surface area contributed by atoms with Gasteiger partial charge in [-0.25, -0.2) is 9.37 Å². The fourth-order valence-electron chi connectivity index (χ4n) is 4.67. The van der Waals surface area contributed by atoms with Crippen LogP contribution in [-0.2, 0) is 24.2 Å². The molecule has 1 heterocycles. The third-order valence-electron chi connectivity index (χ3n) is 6.57. The minimum absolute atomic E-state index is 0.124. The van der Waals surface area contributed by atoms with Gasteiger partial charge in [0.2, 0.25) is 0 Å². The van der Waals surface area contributed by atoms with Gasteiger partial charge >= 0.3 is 0 Å². The average molecular weight is 500 g/mol. The number of aromatic nitrogens is 1. The standard InChI is InChI=1S/C32H34FNO3/c1-5-24-19-29(36-20-23-13-9-7-10-14-23)31(33)26(6-2)30(24)22(3)27-17-18-28(37-21-35-4)32(34-27)25-15-11-8-12-16-25/h7-19,22H,5-6,20-21H2,1-4H3. The van der Waals surface area contributed by atoms with Crippen molar-refractivity contribution in [2.24, 2.45) is 0 Å². The molecular formula is C32H34FNO3. The van der Waals surface area contributed by atoms with Gasteiger partial charge in [-0.1, -0.05) is 81.4 Å². The summed E-state index contributed by atoms with van der Waals surface area (Å²) < 4.78 is 32.7. The molecule has 0 aliphatic carbocycles. The minimum Gasteiger partial charge on any atom is -0.486 e. The molecule has 192 valence electrons. The molecule has 4 rings (SSSR count). The predicted octanol–water partition coefficient (Wildman–Crippen LogP) is 7.73. The molecule has 0 radical (unpaired) electrons. The SMILES string of the molecule is CCc1cc(OCc2ccccc2)c(F)c(CC)c1C(C)c1ccc(OCOC)c(-c2ccccc2)n1. The number of hydrogen-bond acceptors (Lipinski definition) is 4. The van der Waals surface area contributed by atoms with E-state index in [-0.39, 0.29) is 18.5 Å². The van der Waals surface area contributed by atoms with Gasteiger partial charge in [-0.3, -0.25) is 0 Å². The molecule has 0 bridgehead atoms. The zero-order valence-corrected chi connectivity index (χ0v) is 22.0. The van der Waals surface area contributed by atoms with E-state index in [0.717, 1.165) is 40.1 Å². The molecule has 0 fully saturated rings. The fraction of sp³-hybridized carbons (Fsp3) is 0.281. The second kappa shape index (κ2) is 12.5. The Morgan fingerprint density at radius 2 is 1.54 bits per heavy atom. The molecule has 0 saturated heterocycles. The number of hydrogen-bond donors (Lipinski definition) is 0. The maximum Gasteiger partial charge on any atom is 0.188 e. The van der Waals surface area contributed by atoms with Gasteiger partial charge in [-0.05, 0) is 53.3 Å². The number of benzene rings is 3. The van der Waals surface area contributed by atoms with Crippen LogP contribution < -0.4 is 9.47 Å². The monoisotopic (exact) mass is 499 g/mol. The van der Waals surface area contributed by atoms with Crippen molar-refractivity contribution in [2.75, 3.05) is 13.9 Å². The van der Waals surface area contributed by atoms with Gasteiger partial charge in [0.05, 0.1) is 0 Å². The summed E-state index contributed by atoms with van der Waals surface area (Å²) in [6.07, 6.45) is 1.32. The summed E-state index contributed by atoms with van der Waals surface area (Å²) in [6, 6.07) is 25.5. The first-order chi connectivity index (χ1) is 18.1. The van der Waals surface area contributed by atoms with E-state index in [1.807, 2.05) is 85.8 Å². The van der Waals surface area contributed by atoms with Crippen LogP contribution in [0.15, 0.2) is 78.9 Å². The number of nitrogens with zero attached hydrogens (tertiary/aromatic N) is 1. The average Bonchev–Trinajstić information content (AvgIpc) is 2.95. The quantitative estimate of drug-likeness (QED) is 0.198. The fourth-order valence-corrected chi connectivity index (χ4v) is 4.67. The molecule has 1 aromatic heterocycles. The Morgan fingerprint density at radius 3 is 2.19 bits per heavy atom. The van der Waals surface area contributed by atoms with E-state index < -0.39 is 0 Å². The zero-order valence-electron chi connectivity index (χ0n) is 22.0. The summed E-state index contributed by atoms with van der Waals surface area (Å²) in [5.41, 5.74) is 6.27. The largest absolute Gasteiger partial charge is 0.486 e. The van der Waals surface area contributed by atoms with Crippen LogP contribution in [0.3, 0.4) is 0 Å². The number of rotatable bonds is 11. The van der Waals surface area contributed by atoms with Gasteiger partial charge in [0.15, 0.2) is 18.4 Å². The second-order valence-corrected chi connectivity index (χ2v) is 8.94. The highest BCUT2D eigenvalue weighted by Gasteiger charge is 2.24. The van der Waals surface area contributed by atoms with Crippen LogP contribution >= 0.6 is 0 Å². The van der Waals surface area contributed by atoms with Crippen molar-refractivity contribution in [1.29, 1.82) is 0 Å². The zero-order chi connectivity index (χ0) is 26.2. The summed E-state index contributed by atoms with van der Waals surface area (Å²) >= 11 is 0. The van der Waals surface area contributed by atoms with Crippen molar-refractivity contribution in [2.45, 2.75) is 46.1 Å². The van der Waals surface area contributed by atoms with E-state index in [0.29, 0.717) is 30.1 Å². The van der Waals surface area contributed by atoms with E-state index >= 15 is 4.39 Å². The third kappa shape index (κ3) is 6.00. The Balaban J connectivity index is 1.73. The first-order valence-corrected chi connectivity index (χ1v) is 12.8. The van der Waals surface area contributed by atoms with Crippen LogP contribution in [0, 0.1) is 5.82 Å². The van der Waals surface area contributed by atoms with Crippen molar-refractivity contribution < 1.29 is 18.6 Å². The predicted molar refractivity (Wildman–Crippen MR) is 146 cm³/mol. The van der Waals surface area contributed by atoms with E-state index in [2.05, 4.69) is 13.8 Å². The van der Waals surface area contributed by atoms with Gasteiger partial charge in [0.25, 0.3) is 0 Å². The molecule has 0 aliphatic heterocycles. The normalized spacial score (nSPS) is 11.8. The van der Waals surface area contributed by atoms with Crippen molar-refractivity contribution >= 4 is 0 Å². The molecular weight excluding hydrogens is 465 g/mol. The molecule has 5 heteroatoms. The number of methoxy groups -OCH3 is 1. The highest BCUT2D eigenvalue weighted by Crippen LogP contribution is 2.38. The Morgan fingerprint density at radius 1 is 0.838 bits per heavy atom. The molecule has 0 amide bonds. The number of pyridine rings is 1. The number of ether oxygens (including phenoxy) is 3. The molecule has 4 nitrogen and oxygen atoms in total. The smallest absolute Gasteiger partial charge is 0.188 e. The van der Waals surface area contributed by atoms with Crippen LogP contribution in [0.1, 0.15) is 54.6 Å². The molecule has 0 aliphatic rings. The van der Waals surface area contributed by atoms with Crippen LogP contribution in [-0.4, -0.2) is 18.9 Å². The van der Waals surface area contributed by atoms with E-state index in [9.17, 15) is 0 Å². The summed E-state index contributed by atoms with van der Waals surface area (Å²) in [4.78, 5) is 5.02. The summed E-state index contributed by atoms with van der Waals surface area (Å²) in [6.45, 7) is 6.62. The molecule has 1 atom stereocenters. The molecule has 3 aromatic carbocycles. The Kier molecular flexibility index (Phi) is 8.91. The number of halogens is 1. The minimum atomic E-state index is -0.291. The highest BCUT2D eigenvalue weighted by molar-refractivity contribution is 5.66. The molecule has 1 unspecified atom stereocenters. The van der Waals surface area contributed by atoms with E-state index in [1.54, 1.807) is 7.11 Å². The molecule has 37 heavy (non-hydrogen) atoms. The van der Waals surface area contributed by atoms with Crippen molar-refractivity contribution in [3.63, 3.8) is 0 Å². The molecule has 4 aromatic rings. The second-order valence-electron chi connectivity index (χ2n) is 8.94. The van der Waals surface area contributed by atoms with Crippen molar-refractivity contribution in [1.82, 2.24) is 4.98 Å². The van der Waals surface area contributed by atoms with Crippen LogP contribution in [0.5, 0.6) is 11.5 Å². The van der Waals surface area contributed by atoms with Crippen molar-refractivity contribution in [3.8, 4) is 22.8 Å². The summed E-state index contributed by atoms with van der Waals surface area (Å²) in [5, 5.41) is 0. The Hall–Kier alpha value is -3.70. The van der Waals surface area contributed by atoms with Crippen LogP contribution in [0.25, 0.3) is 11.3 Å². The summed E-state index contributed by atoms with van der Waals surface area (Å²) in [7, 11) is 1.59. The van der Waals surface area contributed by atoms with E-state index in [1.165, 1.54) is 0 Å². The lowest BCUT2D eigenvalue weighted by Crippen LogP contribution is -2.11. The van der Waals surface area contributed by atoms with Gasteiger partial charge in [0.1, 0.15) is 18.1 Å². The lowest BCUT2D eigenvalue weighted by Gasteiger charge is -2.23. The highest BCUT2D eigenvalue weighted by atomic mass is 19.1. The summed E-state index contributed by atoms with van der Waals surface area (Å²) in [5.74, 6) is 0.531. The van der Waals surface area contributed by atoms with Gasteiger partial charge in [0, 0.05) is 24.3 Å². The maximum atomic E-state index is 15.8. The van der Waals surface area contributed by atoms with Crippen molar-refractivity contribution in [3.05, 3.63) is 113 Å². The van der Waals surface area contributed by atoms with Crippen LogP contribution in [0.2, 0.25) is 0 Å². The Bertz CT molecular complexity index is 1310. The first kappa shape index (κ1) is 26.4. The van der Waals surface area contributed by atoms with Crippen LogP contribution in [0.4, 0.5) is 4.39 Å². The van der Waals surface area contributed by atoms with Gasteiger partial charge in [-0.2, -0.15) is 0 Å². The first-order valence-electron chi connectivity index (χ1n) is 12.8. The molecule has 0 saturated carbocycles.